The maximum absolute atomic E-state index is 10.6. The van der Waals surface area contributed by atoms with Crippen molar-refractivity contribution in [3.05, 3.63) is 11.8 Å². The van der Waals surface area contributed by atoms with Crippen LogP contribution in [0, 0.1) is 0 Å². The minimum Gasteiger partial charge on any atom is -0.294 e. The van der Waals surface area contributed by atoms with Crippen molar-refractivity contribution >= 4 is 11.5 Å². The van der Waals surface area contributed by atoms with Crippen molar-refractivity contribution < 1.29 is 4.79 Å². The number of Topliss-reactive ketones (excluding diaryl/α,β-unsaturated/α-hetero) is 1. The quantitative estimate of drug-likeness (QED) is 0.499. The molecule has 0 spiro atoms. The van der Waals surface area contributed by atoms with E-state index in [-0.39, 0.29) is 5.78 Å². The van der Waals surface area contributed by atoms with Gasteiger partial charge in [0.2, 0.25) is 0 Å². The average Bonchev–Trinajstić information content (AvgIpc) is 2.13. The number of carbonyl (C=O) groups excluding carboxylic acids is 1. The second-order valence-electron chi connectivity index (χ2n) is 1.90. The van der Waals surface area contributed by atoms with Gasteiger partial charge in [-0.3, -0.25) is 4.79 Å². The van der Waals surface area contributed by atoms with Crippen LogP contribution in [0.2, 0.25) is 0 Å². The first-order valence-corrected chi connectivity index (χ1v) is 2.67. The van der Waals surface area contributed by atoms with E-state index in [1.54, 1.807) is 6.92 Å². The number of hydrogen-bond donors (Lipinski definition) is 0. The zero-order valence-electron chi connectivity index (χ0n) is 5.38. The topological polar surface area (TPSA) is 43.5 Å². The molecule has 1 heterocycles. The van der Waals surface area contributed by atoms with Crippen molar-refractivity contribution in [2.24, 2.45) is 5.10 Å². The highest BCUT2D eigenvalue weighted by Gasteiger charge is 2.11. The highest BCUT2D eigenvalue weighted by molar-refractivity contribution is 6.21. The minimum atomic E-state index is 0.0255. The summed E-state index contributed by atoms with van der Waals surface area (Å²) in [5, 5.41) is 3.67. The molecule has 0 aliphatic carbocycles. The van der Waals surface area contributed by atoms with E-state index < -0.39 is 0 Å². The van der Waals surface area contributed by atoms with Gasteiger partial charge in [-0.1, -0.05) is 0 Å². The van der Waals surface area contributed by atoms with E-state index in [0.29, 0.717) is 11.3 Å². The number of ketones is 1. The molecule has 0 saturated carbocycles. The number of nitrogens with zero attached hydrogens (tertiary/aromatic N) is 2. The smallest absolute Gasteiger partial charge is 0.163 e. The Kier molecular flexibility index (Phi) is 1.34. The highest BCUT2D eigenvalue weighted by atomic mass is 16.1. The lowest BCUT2D eigenvalue weighted by Gasteiger charge is -1.89. The second-order valence-corrected chi connectivity index (χ2v) is 1.90. The molecule has 0 fully saturated rings. The first-order chi connectivity index (χ1) is 4.22. The summed E-state index contributed by atoms with van der Waals surface area (Å²) in [5.41, 5.74) is 4.90. The molecule has 0 aromatic rings. The zero-order chi connectivity index (χ0) is 6.85. The highest BCUT2D eigenvalue weighted by Crippen LogP contribution is 2.03. The van der Waals surface area contributed by atoms with Crippen molar-refractivity contribution in [3.63, 3.8) is 0 Å². The second kappa shape index (κ2) is 2.01. The largest absolute Gasteiger partial charge is 0.294 e. The fourth-order valence-corrected chi connectivity index (χ4v) is 0.666. The molecule has 0 atom stereocenters. The average molecular weight is 123 g/mol. The fourth-order valence-electron chi connectivity index (χ4n) is 0.666. The monoisotopic (exact) mass is 123 g/mol. The summed E-state index contributed by atoms with van der Waals surface area (Å²) in [6, 6.07) is 0. The van der Waals surface area contributed by atoms with Gasteiger partial charge in [0.25, 0.3) is 0 Å². The summed E-state index contributed by atoms with van der Waals surface area (Å²) in [4.78, 5) is 10.6. The number of rotatable bonds is 1. The maximum atomic E-state index is 10.6. The first kappa shape index (κ1) is 6.01. The molecular formula is C6H7N2O. The summed E-state index contributed by atoms with van der Waals surface area (Å²) in [6.45, 7) is 3.27. The Morgan fingerprint density at radius 2 is 2.33 bits per heavy atom. The Morgan fingerprint density at radius 1 is 1.67 bits per heavy atom. The van der Waals surface area contributed by atoms with Crippen LogP contribution in [0.4, 0.5) is 0 Å². The molecule has 0 bridgehead atoms. The Morgan fingerprint density at radius 3 is 2.56 bits per heavy atom. The predicted octanol–water partition coefficient (Wildman–Crippen LogP) is 0.453. The molecule has 1 aliphatic heterocycles. The van der Waals surface area contributed by atoms with Crippen LogP contribution in [0.25, 0.3) is 0 Å². The molecule has 3 nitrogen and oxygen atoms in total. The van der Waals surface area contributed by atoms with Gasteiger partial charge in [-0.05, 0) is 13.8 Å². The molecule has 0 saturated heterocycles. The summed E-state index contributed by atoms with van der Waals surface area (Å²) in [5.74, 6) is 0.0255. The van der Waals surface area contributed by atoms with Gasteiger partial charge in [-0.25, -0.2) is 0 Å². The van der Waals surface area contributed by atoms with E-state index in [1.165, 1.54) is 13.1 Å². The third-order valence-electron chi connectivity index (χ3n) is 1.16. The molecule has 47 valence electrons. The van der Waals surface area contributed by atoms with Crippen LogP contribution in [0.5, 0.6) is 0 Å². The molecule has 0 amide bonds. The summed E-state index contributed by atoms with van der Waals surface area (Å²) in [6.07, 6.45) is 1.48. The lowest BCUT2D eigenvalue weighted by molar-refractivity contribution is -0.113. The molecule has 9 heavy (non-hydrogen) atoms. The lowest BCUT2D eigenvalue weighted by Crippen LogP contribution is -2.02. The Hall–Kier alpha value is -1.12. The van der Waals surface area contributed by atoms with Crippen LogP contribution in [-0.4, -0.2) is 11.5 Å². The van der Waals surface area contributed by atoms with E-state index >= 15 is 0 Å². The van der Waals surface area contributed by atoms with Gasteiger partial charge in [-0.15, -0.1) is 0 Å². The van der Waals surface area contributed by atoms with Gasteiger partial charge < -0.3 is 0 Å². The van der Waals surface area contributed by atoms with Crippen molar-refractivity contribution in [3.8, 4) is 0 Å². The van der Waals surface area contributed by atoms with Crippen molar-refractivity contribution in [2.45, 2.75) is 13.8 Å². The van der Waals surface area contributed by atoms with Gasteiger partial charge in [0.05, 0.1) is 17.5 Å². The van der Waals surface area contributed by atoms with Crippen LogP contribution in [0.1, 0.15) is 13.8 Å². The summed E-state index contributed by atoms with van der Waals surface area (Å²) in [7, 11) is 0. The zero-order valence-corrected chi connectivity index (χ0v) is 5.38. The van der Waals surface area contributed by atoms with E-state index in [0.717, 1.165) is 0 Å². The molecule has 1 radical (unpaired) electrons. The van der Waals surface area contributed by atoms with Crippen molar-refractivity contribution in [1.29, 1.82) is 0 Å². The Balaban J connectivity index is 2.84. The van der Waals surface area contributed by atoms with Gasteiger partial charge in [0.1, 0.15) is 0 Å². The molecular weight excluding hydrogens is 116 g/mol. The molecule has 1 rings (SSSR count). The molecule has 1 aliphatic rings. The number of allylic oxidation sites excluding steroid dienone is 1. The van der Waals surface area contributed by atoms with Crippen molar-refractivity contribution in [1.82, 2.24) is 5.43 Å². The summed E-state index contributed by atoms with van der Waals surface area (Å²) < 4.78 is 0. The molecule has 0 aromatic heterocycles. The standard InChI is InChI=1S/C6H7N2O/c1-4-6(5(2)9)3-7-8-4/h3H,1-2H3. The normalized spacial score (nSPS) is 16.2. The Bertz CT molecular complexity index is 203. The Labute approximate surface area is 53.4 Å². The third-order valence-corrected chi connectivity index (χ3v) is 1.16. The molecule has 0 N–H and O–H groups in total. The van der Waals surface area contributed by atoms with Crippen LogP contribution in [0.3, 0.4) is 0 Å². The SMILES string of the molecule is CC(=O)C1=C[N]N=C1C. The van der Waals surface area contributed by atoms with Gasteiger partial charge >= 0.3 is 0 Å². The number of hydrogen-bond acceptors (Lipinski definition) is 2. The third kappa shape index (κ3) is 0.988. The van der Waals surface area contributed by atoms with E-state index in [2.05, 4.69) is 10.5 Å². The van der Waals surface area contributed by atoms with E-state index in [4.69, 9.17) is 0 Å². The molecule has 3 heteroatoms. The lowest BCUT2D eigenvalue weighted by atomic mass is 10.1. The van der Waals surface area contributed by atoms with Gasteiger partial charge in [0.15, 0.2) is 5.78 Å². The first-order valence-electron chi connectivity index (χ1n) is 2.67. The van der Waals surface area contributed by atoms with Crippen molar-refractivity contribution in [2.75, 3.05) is 0 Å². The number of carbonyl (C=O) groups is 1. The maximum Gasteiger partial charge on any atom is 0.163 e. The van der Waals surface area contributed by atoms with Gasteiger partial charge in [-0.2, -0.15) is 10.5 Å². The molecule has 0 aromatic carbocycles. The van der Waals surface area contributed by atoms with E-state index in [1.807, 2.05) is 0 Å². The van der Waals surface area contributed by atoms with Crippen LogP contribution >= 0.6 is 0 Å². The predicted molar refractivity (Wildman–Crippen MR) is 34.0 cm³/mol. The summed E-state index contributed by atoms with van der Waals surface area (Å²) >= 11 is 0. The fraction of sp³-hybridized carbons (Fsp3) is 0.333. The van der Waals surface area contributed by atoms with Crippen LogP contribution < -0.4 is 5.43 Å². The van der Waals surface area contributed by atoms with Crippen LogP contribution in [-0.2, 0) is 4.79 Å². The minimum absolute atomic E-state index is 0.0255. The van der Waals surface area contributed by atoms with Crippen LogP contribution in [0.15, 0.2) is 16.9 Å². The van der Waals surface area contributed by atoms with E-state index in [9.17, 15) is 4.79 Å². The molecule has 0 unspecified atom stereocenters. The van der Waals surface area contributed by atoms with Gasteiger partial charge in [0, 0.05) is 0 Å².